The first-order valence-corrected chi connectivity index (χ1v) is 16.0. The minimum atomic E-state index is -3.60. The summed E-state index contributed by atoms with van der Waals surface area (Å²) in [6.45, 7) is 1.97. The minimum Gasteiger partial charge on any atom is -0.494 e. The number of piperidine rings is 1. The van der Waals surface area contributed by atoms with Gasteiger partial charge >= 0.3 is 0 Å². The Balaban J connectivity index is 1.41. The largest absolute Gasteiger partial charge is 0.494 e. The average Bonchev–Trinajstić information content (AvgIpc) is 2.98. The SMILES string of the molecule is COc1cc(N2CCC(N(C)C)CC2)ccc1Nc1ncc(Br)c(Nc2ccc3nccnc3c2N(C)S(C)(=O)=O)n1. The zero-order valence-corrected chi connectivity index (χ0v) is 26.6. The number of methoxy groups -OCH3 is 1. The summed E-state index contributed by atoms with van der Waals surface area (Å²) in [7, 11) is 3.79. The van der Waals surface area contributed by atoms with E-state index < -0.39 is 10.0 Å². The molecule has 3 heterocycles. The third-order valence-electron chi connectivity index (χ3n) is 7.41. The Morgan fingerprint density at radius 2 is 1.71 bits per heavy atom. The van der Waals surface area contributed by atoms with Gasteiger partial charge in [0.1, 0.15) is 22.8 Å². The zero-order chi connectivity index (χ0) is 30.0. The molecular formula is C28H34BrN9O3S. The van der Waals surface area contributed by atoms with Crippen molar-refractivity contribution >= 4 is 71.5 Å². The molecule has 42 heavy (non-hydrogen) atoms. The van der Waals surface area contributed by atoms with Gasteiger partial charge in [0.05, 0.1) is 34.7 Å². The van der Waals surface area contributed by atoms with Gasteiger partial charge in [-0.2, -0.15) is 4.98 Å². The fraction of sp³-hybridized carbons (Fsp3) is 0.357. The summed E-state index contributed by atoms with van der Waals surface area (Å²) >= 11 is 3.51. The molecule has 0 radical (unpaired) electrons. The van der Waals surface area contributed by atoms with E-state index in [1.54, 1.807) is 31.6 Å². The topological polar surface area (TPSA) is 129 Å². The fourth-order valence-electron chi connectivity index (χ4n) is 4.99. The number of ether oxygens (including phenoxy) is 1. The van der Waals surface area contributed by atoms with Crippen molar-refractivity contribution in [3.05, 3.63) is 53.4 Å². The Labute approximate surface area is 254 Å². The van der Waals surface area contributed by atoms with Gasteiger partial charge in [-0.05, 0) is 67.1 Å². The van der Waals surface area contributed by atoms with E-state index in [4.69, 9.17) is 4.74 Å². The number of sulfonamides is 1. The minimum absolute atomic E-state index is 0.331. The molecule has 0 unspecified atom stereocenters. The summed E-state index contributed by atoms with van der Waals surface area (Å²) in [6, 6.07) is 10.2. The van der Waals surface area contributed by atoms with Crippen LogP contribution < -0.4 is 24.6 Å². The predicted octanol–water partition coefficient (Wildman–Crippen LogP) is 4.60. The molecule has 12 nitrogen and oxygen atoms in total. The number of halogens is 1. The molecule has 2 aromatic carbocycles. The van der Waals surface area contributed by atoms with Crippen LogP contribution in [0.1, 0.15) is 12.8 Å². The van der Waals surface area contributed by atoms with Crippen molar-refractivity contribution < 1.29 is 13.2 Å². The number of fused-ring (bicyclic) bond motifs is 1. The summed E-state index contributed by atoms with van der Waals surface area (Å²) in [6.07, 6.45) is 8.07. The van der Waals surface area contributed by atoms with E-state index in [1.807, 2.05) is 12.1 Å². The standard InChI is InChI=1S/C28H34BrN9O3S/c1-36(2)18-10-14-38(15-11-18)19-6-7-21(24(16-19)41-4)34-28-32-17-20(29)27(35-28)33-23-9-8-22-25(31-13-12-30-22)26(23)37(3)42(5,39)40/h6-9,12-13,16-18H,10-11,14-15H2,1-5H3,(H2,32,33,34,35). The lowest BCUT2D eigenvalue weighted by atomic mass is 10.0. The molecule has 1 saturated heterocycles. The maximum absolute atomic E-state index is 12.5. The van der Waals surface area contributed by atoms with Crippen LogP contribution in [0.2, 0.25) is 0 Å². The van der Waals surface area contributed by atoms with Gasteiger partial charge in [0.2, 0.25) is 16.0 Å². The van der Waals surface area contributed by atoms with E-state index in [0.29, 0.717) is 50.4 Å². The molecular weight excluding hydrogens is 622 g/mol. The Morgan fingerprint density at radius 1 is 1.00 bits per heavy atom. The Kier molecular flexibility index (Phi) is 8.66. The van der Waals surface area contributed by atoms with Gasteiger partial charge in [0, 0.05) is 56.5 Å². The second-order valence-corrected chi connectivity index (χ2v) is 13.2. The molecule has 0 atom stereocenters. The number of hydrogen-bond donors (Lipinski definition) is 2. The number of benzene rings is 2. The van der Waals surface area contributed by atoms with Gasteiger partial charge in [0.25, 0.3) is 0 Å². The van der Waals surface area contributed by atoms with Crippen LogP contribution in [0.4, 0.5) is 34.5 Å². The van der Waals surface area contributed by atoms with E-state index in [1.165, 1.54) is 17.5 Å². The number of anilines is 6. The average molecular weight is 657 g/mol. The van der Waals surface area contributed by atoms with Gasteiger partial charge < -0.3 is 25.2 Å². The highest BCUT2D eigenvalue weighted by Gasteiger charge is 2.23. The lowest BCUT2D eigenvalue weighted by molar-refractivity contribution is 0.249. The molecule has 0 amide bonds. The van der Waals surface area contributed by atoms with Crippen LogP contribution in [0, 0.1) is 0 Å². The fourth-order valence-corrected chi connectivity index (χ4v) is 5.80. The van der Waals surface area contributed by atoms with Gasteiger partial charge in [0.15, 0.2) is 0 Å². The normalized spacial score (nSPS) is 14.3. The molecule has 1 aliphatic heterocycles. The number of rotatable bonds is 9. The second-order valence-electron chi connectivity index (χ2n) is 10.3. The van der Waals surface area contributed by atoms with E-state index in [2.05, 4.69) is 76.5 Å². The molecule has 0 aliphatic carbocycles. The third-order valence-corrected chi connectivity index (χ3v) is 9.17. The van der Waals surface area contributed by atoms with Crippen LogP contribution in [-0.4, -0.2) is 86.9 Å². The first-order chi connectivity index (χ1) is 20.0. The molecule has 2 N–H and O–H groups in total. The lowest BCUT2D eigenvalue weighted by Gasteiger charge is -2.36. The predicted molar refractivity (Wildman–Crippen MR) is 171 cm³/mol. The summed E-state index contributed by atoms with van der Waals surface area (Å²) in [5.41, 5.74) is 3.67. The van der Waals surface area contributed by atoms with Crippen LogP contribution in [-0.2, 0) is 10.0 Å². The molecule has 0 saturated carbocycles. The highest BCUT2D eigenvalue weighted by molar-refractivity contribution is 9.10. The summed E-state index contributed by atoms with van der Waals surface area (Å²) < 4.78 is 32.5. The first kappa shape index (κ1) is 29.7. The number of nitrogens with zero attached hydrogens (tertiary/aromatic N) is 7. The smallest absolute Gasteiger partial charge is 0.232 e. The third kappa shape index (κ3) is 6.35. The van der Waals surface area contributed by atoms with E-state index in [0.717, 1.165) is 43.6 Å². The quantitative estimate of drug-likeness (QED) is 0.262. The van der Waals surface area contributed by atoms with Gasteiger partial charge in [-0.1, -0.05) is 0 Å². The van der Waals surface area contributed by atoms with Gasteiger partial charge in [-0.25, -0.2) is 13.4 Å². The lowest BCUT2D eigenvalue weighted by Crippen LogP contribution is -2.41. The van der Waals surface area contributed by atoms with E-state index in [9.17, 15) is 8.42 Å². The molecule has 222 valence electrons. The molecule has 0 bridgehead atoms. The van der Waals surface area contributed by atoms with Crippen molar-refractivity contribution in [3.63, 3.8) is 0 Å². The van der Waals surface area contributed by atoms with Crippen molar-refractivity contribution in [2.45, 2.75) is 18.9 Å². The summed E-state index contributed by atoms with van der Waals surface area (Å²) in [4.78, 5) is 22.5. The van der Waals surface area contributed by atoms with E-state index in [-0.39, 0.29) is 0 Å². The van der Waals surface area contributed by atoms with Crippen molar-refractivity contribution in [1.29, 1.82) is 0 Å². The molecule has 4 aromatic rings. The molecule has 0 spiro atoms. The van der Waals surface area contributed by atoms with Gasteiger partial charge in [-0.15, -0.1) is 0 Å². The van der Waals surface area contributed by atoms with Crippen LogP contribution >= 0.6 is 15.9 Å². The number of hydrogen-bond acceptors (Lipinski definition) is 11. The summed E-state index contributed by atoms with van der Waals surface area (Å²) in [5, 5.41) is 6.51. The van der Waals surface area contributed by atoms with Crippen molar-refractivity contribution in [1.82, 2.24) is 24.8 Å². The Morgan fingerprint density at radius 3 is 2.40 bits per heavy atom. The summed E-state index contributed by atoms with van der Waals surface area (Å²) in [5.74, 6) is 1.43. The van der Waals surface area contributed by atoms with Crippen molar-refractivity contribution in [2.24, 2.45) is 0 Å². The van der Waals surface area contributed by atoms with Crippen molar-refractivity contribution in [3.8, 4) is 5.75 Å². The molecule has 5 rings (SSSR count). The van der Waals surface area contributed by atoms with Crippen molar-refractivity contribution in [2.75, 3.05) is 67.4 Å². The first-order valence-electron chi connectivity index (χ1n) is 13.4. The molecule has 1 fully saturated rings. The molecule has 14 heteroatoms. The molecule has 2 aromatic heterocycles. The number of nitrogens with one attached hydrogen (secondary N) is 2. The van der Waals surface area contributed by atoms with Crippen LogP contribution in [0.5, 0.6) is 5.75 Å². The van der Waals surface area contributed by atoms with Crippen LogP contribution in [0.3, 0.4) is 0 Å². The zero-order valence-electron chi connectivity index (χ0n) is 24.2. The highest BCUT2D eigenvalue weighted by atomic mass is 79.9. The Bertz CT molecular complexity index is 1700. The Hall–Kier alpha value is -3.75. The maximum atomic E-state index is 12.5. The molecule has 1 aliphatic rings. The van der Waals surface area contributed by atoms with Gasteiger partial charge in [-0.3, -0.25) is 14.3 Å². The van der Waals surface area contributed by atoms with Crippen LogP contribution in [0.25, 0.3) is 11.0 Å². The monoisotopic (exact) mass is 655 g/mol. The highest BCUT2D eigenvalue weighted by Crippen LogP contribution is 2.37. The van der Waals surface area contributed by atoms with E-state index >= 15 is 0 Å². The maximum Gasteiger partial charge on any atom is 0.232 e. The van der Waals surface area contributed by atoms with Crippen LogP contribution in [0.15, 0.2) is 53.4 Å². The second kappa shape index (κ2) is 12.2. The number of aromatic nitrogens is 4.